The quantitative estimate of drug-likeness (QED) is 0.454. The Labute approximate surface area is 144 Å². The van der Waals surface area contributed by atoms with Crippen LogP contribution in [0.4, 0.5) is 0 Å². The fraction of sp³-hybridized carbons (Fsp3) is 0.412. The van der Waals surface area contributed by atoms with Crippen molar-refractivity contribution in [2.75, 3.05) is 7.11 Å². The summed E-state index contributed by atoms with van der Waals surface area (Å²) in [5, 5.41) is 9.67. The van der Waals surface area contributed by atoms with Crippen molar-refractivity contribution in [1.29, 1.82) is 5.26 Å². The summed E-state index contributed by atoms with van der Waals surface area (Å²) in [6.45, 7) is 4.36. The summed E-state index contributed by atoms with van der Waals surface area (Å²) in [6, 6.07) is 6.85. The number of carbonyl (C=O) groups excluding carboxylic acids is 1. The fourth-order valence-corrected chi connectivity index (χ4v) is 3.05. The minimum atomic E-state index is -0.478. The van der Waals surface area contributed by atoms with E-state index in [4.69, 9.17) is 10.00 Å². The van der Waals surface area contributed by atoms with Gasteiger partial charge in [0.15, 0.2) is 5.16 Å². The monoisotopic (exact) mass is 345 g/mol. The second-order valence-corrected chi connectivity index (χ2v) is 6.63. The van der Waals surface area contributed by atoms with Crippen molar-refractivity contribution in [3.63, 3.8) is 0 Å². The number of fused-ring (bicyclic) bond motifs is 1. The standard InChI is InChI=1S/C17H19N3O3S/c1-4-5-8-20-15(21)13-7-6-12(16(22)23-3)9-14(13)19-17(20)24-11(2)10-18/h6-7,9,11H,4-5,8H2,1-3H3. The van der Waals surface area contributed by atoms with E-state index in [-0.39, 0.29) is 10.8 Å². The number of rotatable bonds is 6. The van der Waals surface area contributed by atoms with Crippen molar-refractivity contribution in [3.05, 3.63) is 34.1 Å². The Bertz CT molecular complexity index is 855. The molecule has 0 spiro atoms. The molecule has 0 saturated heterocycles. The maximum Gasteiger partial charge on any atom is 0.337 e. The van der Waals surface area contributed by atoms with Crippen LogP contribution in [0.2, 0.25) is 0 Å². The molecule has 1 aromatic carbocycles. The van der Waals surface area contributed by atoms with E-state index < -0.39 is 5.97 Å². The highest BCUT2D eigenvalue weighted by atomic mass is 32.2. The zero-order valence-electron chi connectivity index (χ0n) is 13.9. The minimum Gasteiger partial charge on any atom is -0.465 e. The lowest BCUT2D eigenvalue weighted by atomic mass is 10.1. The van der Waals surface area contributed by atoms with Gasteiger partial charge in [-0.25, -0.2) is 9.78 Å². The molecule has 1 heterocycles. The number of nitriles is 1. The lowest BCUT2D eigenvalue weighted by molar-refractivity contribution is 0.0601. The summed E-state index contributed by atoms with van der Waals surface area (Å²) in [5.74, 6) is -0.478. The van der Waals surface area contributed by atoms with E-state index in [1.807, 2.05) is 6.92 Å². The summed E-state index contributed by atoms with van der Waals surface area (Å²) >= 11 is 1.24. The molecule has 0 aliphatic carbocycles. The van der Waals surface area contributed by atoms with Crippen molar-refractivity contribution in [2.45, 2.75) is 43.6 Å². The molecule has 24 heavy (non-hydrogen) atoms. The molecular formula is C17H19N3O3S. The molecule has 0 amide bonds. The predicted octanol–water partition coefficient (Wildman–Crippen LogP) is 2.99. The van der Waals surface area contributed by atoms with Crippen molar-refractivity contribution in [3.8, 4) is 6.07 Å². The van der Waals surface area contributed by atoms with Crippen LogP contribution in [0.5, 0.6) is 0 Å². The Kier molecular flexibility index (Phi) is 5.99. The number of methoxy groups -OCH3 is 1. The van der Waals surface area contributed by atoms with Gasteiger partial charge in [-0.15, -0.1) is 0 Å². The van der Waals surface area contributed by atoms with E-state index >= 15 is 0 Å². The maximum absolute atomic E-state index is 12.8. The third kappa shape index (κ3) is 3.77. The van der Waals surface area contributed by atoms with Gasteiger partial charge < -0.3 is 4.74 Å². The summed E-state index contributed by atoms with van der Waals surface area (Å²) in [5.41, 5.74) is 0.619. The average Bonchev–Trinajstić information content (AvgIpc) is 2.60. The van der Waals surface area contributed by atoms with Crippen molar-refractivity contribution in [1.82, 2.24) is 9.55 Å². The van der Waals surface area contributed by atoms with Crippen molar-refractivity contribution in [2.24, 2.45) is 0 Å². The zero-order valence-corrected chi connectivity index (χ0v) is 14.7. The second-order valence-electron chi connectivity index (χ2n) is 5.32. The lowest BCUT2D eigenvalue weighted by Gasteiger charge is -2.13. The molecule has 0 N–H and O–H groups in total. The number of carbonyl (C=O) groups is 1. The predicted molar refractivity (Wildman–Crippen MR) is 93.2 cm³/mol. The Balaban J connectivity index is 2.63. The molecular weight excluding hydrogens is 326 g/mol. The highest BCUT2D eigenvalue weighted by Crippen LogP contribution is 2.23. The van der Waals surface area contributed by atoms with Crippen LogP contribution >= 0.6 is 11.8 Å². The number of hydrogen-bond acceptors (Lipinski definition) is 6. The van der Waals surface area contributed by atoms with Crippen LogP contribution < -0.4 is 5.56 Å². The van der Waals surface area contributed by atoms with Gasteiger partial charge in [0, 0.05) is 6.54 Å². The highest BCUT2D eigenvalue weighted by Gasteiger charge is 2.16. The van der Waals surface area contributed by atoms with E-state index in [0.717, 1.165) is 12.8 Å². The van der Waals surface area contributed by atoms with Crippen LogP contribution in [0, 0.1) is 11.3 Å². The van der Waals surface area contributed by atoms with Crippen LogP contribution in [-0.4, -0.2) is 27.9 Å². The number of thioether (sulfide) groups is 1. The number of aromatic nitrogens is 2. The van der Waals surface area contributed by atoms with Crippen LogP contribution in [-0.2, 0) is 11.3 Å². The number of nitrogens with zero attached hydrogens (tertiary/aromatic N) is 3. The van der Waals surface area contributed by atoms with Crippen LogP contribution in [0.3, 0.4) is 0 Å². The summed E-state index contributed by atoms with van der Waals surface area (Å²) in [4.78, 5) is 29.0. The van der Waals surface area contributed by atoms with Gasteiger partial charge in [-0.2, -0.15) is 5.26 Å². The SMILES string of the molecule is CCCCn1c(SC(C)C#N)nc2cc(C(=O)OC)ccc2c1=O. The third-order valence-corrected chi connectivity index (χ3v) is 4.52. The van der Waals surface area contributed by atoms with E-state index in [0.29, 0.717) is 28.2 Å². The van der Waals surface area contributed by atoms with Gasteiger partial charge >= 0.3 is 5.97 Å². The van der Waals surface area contributed by atoms with Gasteiger partial charge in [0.2, 0.25) is 0 Å². The molecule has 6 nitrogen and oxygen atoms in total. The van der Waals surface area contributed by atoms with Gasteiger partial charge in [-0.1, -0.05) is 25.1 Å². The molecule has 2 rings (SSSR count). The first-order valence-electron chi connectivity index (χ1n) is 7.71. The molecule has 0 bridgehead atoms. The van der Waals surface area contributed by atoms with Crippen LogP contribution in [0.15, 0.2) is 28.2 Å². The molecule has 2 aromatic rings. The van der Waals surface area contributed by atoms with Gasteiger partial charge in [0.05, 0.1) is 34.9 Å². The van der Waals surface area contributed by atoms with E-state index in [9.17, 15) is 9.59 Å². The normalized spacial score (nSPS) is 11.9. The van der Waals surface area contributed by atoms with Crippen LogP contribution in [0.25, 0.3) is 10.9 Å². The minimum absolute atomic E-state index is 0.155. The Morgan fingerprint density at radius 1 is 1.50 bits per heavy atom. The second kappa shape index (κ2) is 7.97. The smallest absolute Gasteiger partial charge is 0.337 e. The van der Waals surface area contributed by atoms with Gasteiger partial charge in [0.1, 0.15) is 0 Å². The number of hydrogen-bond donors (Lipinski definition) is 0. The number of benzene rings is 1. The first-order valence-corrected chi connectivity index (χ1v) is 8.59. The third-order valence-electron chi connectivity index (χ3n) is 3.54. The van der Waals surface area contributed by atoms with Gasteiger partial charge in [0.25, 0.3) is 5.56 Å². The molecule has 1 atom stereocenters. The molecule has 1 unspecified atom stereocenters. The zero-order chi connectivity index (χ0) is 17.7. The summed E-state index contributed by atoms with van der Waals surface area (Å²) in [6.07, 6.45) is 1.80. The first-order chi connectivity index (χ1) is 11.5. The van der Waals surface area contributed by atoms with Gasteiger partial charge in [-0.3, -0.25) is 9.36 Å². The summed E-state index contributed by atoms with van der Waals surface area (Å²) < 4.78 is 6.32. The molecule has 0 aliphatic heterocycles. The van der Waals surface area contributed by atoms with Crippen molar-refractivity contribution >= 4 is 28.6 Å². The average molecular weight is 345 g/mol. The Morgan fingerprint density at radius 2 is 2.25 bits per heavy atom. The molecule has 1 aromatic heterocycles. The maximum atomic E-state index is 12.8. The highest BCUT2D eigenvalue weighted by molar-refractivity contribution is 8.00. The molecule has 7 heteroatoms. The van der Waals surface area contributed by atoms with Crippen LogP contribution in [0.1, 0.15) is 37.0 Å². The Morgan fingerprint density at radius 3 is 2.88 bits per heavy atom. The topological polar surface area (TPSA) is 85.0 Å². The summed E-state index contributed by atoms with van der Waals surface area (Å²) in [7, 11) is 1.30. The molecule has 0 radical (unpaired) electrons. The molecule has 126 valence electrons. The van der Waals surface area contributed by atoms with E-state index in [1.54, 1.807) is 29.7 Å². The number of ether oxygens (including phenoxy) is 1. The van der Waals surface area contributed by atoms with Gasteiger partial charge in [-0.05, 0) is 31.5 Å². The fourth-order valence-electron chi connectivity index (χ4n) is 2.23. The molecule has 0 aliphatic rings. The Hall–Kier alpha value is -2.33. The van der Waals surface area contributed by atoms with E-state index in [2.05, 4.69) is 11.1 Å². The number of unbranched alkanes of at least 4 members (excludes halogenated alkanes) is 1. The lowest BCUT2D eigenvalue weighted by Crippen LogP contribution is -2.24. The molecule has 0 fully saturated rings. The molecule has 0 saturated carbocycles. The van der Waals surface area contributed by atoms with E-state index in [1.165, 1.54) is 18.9 Å². The first kappa shape index (κ1) is 18.0. The van der Waals surface area contributed by atoms with Crippen molar-refractivity contribution < 1.29 is 9.53 Å². The number of esters is 1. The largest absolute Gasteiger partial charge is 0.465 e.